The van der Waals surface area contributed by atoms with Crippen LogP contribution < -0.4 is 0 Å². The Bertz CT molecular complexity index is 664. The molecule has 0 saturated carbocycles. The summed E-state index contributed by atoms with van der Waals surface area (Å²) in [5.41, 5.74) is 0.798. The topological polar surface area (TPSA) is 93.0 Å². The molecule has 0 aromatic heterocycles. The average Bonchev–Trinajstić information content (AvgIpc) is 2.57. The largest absolute Gasteiger partial charge is 0.287 e. The first-order valence-electron chi connectivity index (χ1n) is 6.03. The van der Waals surface area contributed by atoms with E-state index in [4.69, 9.17) is 0 Å². The van der Waals surface area contributed by atoms with Crippen molar-refractivity contribution in [2.75, 3.05) is 0 Å². The fourth-order valence-corrected chi connectivity index (χ4v) is 1.37. The maximum absolute atomic E-state index is 10.8. The van der Waals surface area contributed by atoms with Gasteiger partial charge in [0.2, 0.25) is 12.2 Å². The Morgan fingerprint density at radius 2 is 0.955 bits per heavy atom. The first-order valence-corrected chi connectivity index (χ1v) is 6.03. The van der Waals surface area contributed by atoms with Crippen molar-refractivity contribution in [3.63, 3.8) is 0 Å². The minimum atomic E-state index is -0.555. The monoisotopic (exact) mass is 294 g/mol. The minimum Gasteiger partial charge on any atom is -0.266 e. The number of rotatable bonds is 2. The first-order chi connectivity index (χ1) is 10.7. The van der Waals surface area contributed by atoms with Crippen LogP contribution in [-0.4, -0.2) is 24.0 Å². The van der Waals surface area contributed by atoms with Gasteiger partial charge in [0.25, 0.3) is 11.8 Å². The smallest absolute Gasteiger partial charge is 0.266 e. The van der Waals surface area contributed by atoms with Gasteiger partial charge in [-0.05, 0) is 24.3 Å². The van der Waals surface area contributed by atoms with Gasteiger partial charge in [0, 0.05) is 11.1 Å². The van der Waals surface area contributed by atoms with E-state index < -0.39 is 11.8 Å². The lowest BCUT2D eigenvalue weighted by Crippen LogP contribution is -1.92. The quantitative estimate of drug-likeness (QED) is 0.627. The molecule has 22 heavy (non-hydrogen) atoms. The number of amides is 2. The fourth-order valence-electron chi connectivity index (χ4n) is 1.37. The Morgan fingerprint density at radius 3 is 1.23 bits per heavy atom. The minimum absolute atomic E-state index is 0.399. The van der Waals surface area contributed by atoms with E-state index in [0.717, 1.165) is 0 Å². The van der Waals surface area contributed by atoms with Gasteiger partial charge in [0.15, 0.2) is 0 Å². The zero-order valence-electron chi connectivity index (χ0n) is 11.3. The van der Waals surface area contributed by atoms with Gasteiger partial charge < -0.3 is 0 Å². The van der Waals surface area contributed by atoms with E-state index in [0.29, 0.717) is 11.1 Å². The number of carbonyl (C=O) groups is 2. The highest BCUT2D eigenvalue weighted by atomic mass is 16.2. The summed E-state index contributed by atoms with van der Waals surface area (Å²) >= 11 is 0. The predicted molar refractivity (Wildman–Crippen MR) is 77.8 cm³/mol. The molecule has 6 nitrogen and oxygen atoms in total. The number of benzene rings is 2. The van der Waals surface area contributed by atoms with Crippen molar-refractivity contribution in [1.82, 2.24) is 0 Å². The Hall–Kier alpha value is -3.46. The SMILES string of the molecule is O=C=NC(=O)c1ccccc1.O=C=NC(=O)c1ccccc1. The van der Waals surface area contributed by atoms with Crippen LogP contribution >= 0.6 is 0 Å². The third-order valence-electron chi connectivity index (χ3n) is 2.34. The molecule has 0 spiro atoms. The number of hydrogen-bond donors (Lipinski definition) is 0. The number of carbonyl (C=O) groups excluding carboxylic acids is 4. The molecule has 0 atom stereocenters. The summed E-state index contributed by atoms with van der Waals surface area (Å²) in [6, 6.07) is 16.7. The van der Waals surface area contributed by atoms with Crippen molar-refractivity contribution in [2.45, 2.75) is 0 Å². The number of hydrogen-bond acceptors (Lipinski definition) is 4. The first kappa shape index (κ1) is 16.6. The van der Waals surface area contributed by atoms with Crippen LogP contribution in [0.2, 0.25) is 0 Å². The van der Waals surface area contributed by atoms with Gasteiger partial charge in [-0.1, -0.05) is 36.4 Å². The van der Waals surface area contributed by atoms with Crippen LogP contribution in [0.4, 0.5) is 0 Å². The molecule has 2 rings (SSSR count). The number of aliphatic imine (C=N–C) groups is 2. The molecule has 0 N–H and O–H groups in total. The summed E-state index contributed by atoms with van der Waals surface area (Å²) in [6.07, 6.45) is 2.38. The number of isocyanates is 2. The third-order valence-corrected chi connectivity index (χ3v) is 2.34. The zero-order chi connectivity index (χ0) is 16.2. The highest BCUT2D eigenvalue weighted by Crippen LogP contribution is 1.99. The zero-order valence-corrected chi connectivity index (χ0v) is 11.3. The molecule has 0 unspecified atom stereocenters. The van der Waals surface area contributed by atoms with Crippen LogP contribution in [0.5, 0.6) is 0 Å². The van der Waals surface area contributed by atoms with Gasteiger partial charge in [-0.2, -0.15) is 0 Å². The van der Waals surface area contributed by atoms with Crippen LogP contribution in [0.3, 0.4) is 0 Å². The standard InChI is InChI=1S/2C8H5NO2/c2*10-6-9-8(11)7-4-2-1-3-5-7/h2*1-5H. The van der Waals surface area contributed by atoms with Crippen LogP contribution in [0.25, 0.3) is 0 Å². The molecule has 0 aliphatic carbocycles. The molecule has 0 aliphatic rings. The Morgan fingerprint density at radius 1 is 0.636 bits per heavy atom. The second kappa shape index (κ2) is 9.44. The summed E-state index contributed by atoms with van der Waals surface area (Å²) in [5, 5.41) is 0. The molecule has 0 aliphatic heterocycles. The molecule has 0 bridgehead atoms. The van der Waals surface area contributed by atoms with Gasteiger partial charge >= 0.3 is 0 Å². The van der Waals surface area contributed by atoms with Crippen molar-refractivity contribution < 1.29 is 19.2 Å². The van der Waals surface area contributed by atoms with Crippen LogP contribution in [0.1, 0.15) is 20.7 Å². The summed E-state index contributed by atoms with van der Waals surface area (Å²) in [7, 11) is 0. The second-order valence-electron chi connectivity index (χ2n) is 3.75. The lowest BCUT2D eigenvalue weighted by molar-refractivity contribution is 0.0994. The molecule has 2 aromatic carbocycles. The van der Waals surface area contributed by atoms with E-state index in [1.165, 1.54) is 12.2 Å². The molecule has 2 aromatic rings. The molecule has 0 fully saturated rings. The fraction of sp³-hybridized carbons (Fsp3) is 0. The van der Waals surface area contributed by atoms with Gasteiger partial charge in [-0.25, -0.2) is 9.59 Å². The highest BCUT2D eigenvalue weighted by Gasteiger charge is 2.00. The maximum Gasteiger partial charge on any atom is 0.287 e. The second-order valence-corrected chi connectivity index (χ2v) is 3.75. The lowest BCUT2D eigenvalue weighted by atomic mass is 10.2. The third kappa shape index (κ3) is 5.67. The normalized spacial score (nSPS) is 8.36. The molecule has 0 radical (unpaired) electrons. The Balaban J connectivity index is 0.000000220. The summed E-state index contributed by atoms with van der Waals surface area (Å²) in [4.78, 5) is 46.9. The van der Waals surface area contributed by atoms with Crippen LogP contribution in [0, 0.1) is 0 Å². The van der Waals surface area contributed by atoms with E-state index in [9.17, 15) is 19.2 Å². The Labute approximate surface area is 125 Å². The van der Waals surface area contributed by atoms with Crippen molar-refractivity contribution in [3.05, 3.63) is 71.8 Å². The molecule has 0 saturated heterocycles. The Kier molecular flexibility index (Phi) is 7.12. The summed E-state index contributed by atoms with van der Waals surface area (Å²) in [6.45, 7) is 0. The van der Waals surface area contributed by atoms with E-state index in [2.05, 4.69) is 9.98 Å². The van der Waals surface area contributed by atoms with E-state index in [-0.39, 0.29) is 0 Å². The van der Waals surface area contributed by atoms with Crippen molar-refractivity contribution in [3.8, 4) is 0 Å². The highest BCUT2D eigenvalue weighted by molar-refractivity contribution is 5.97. The molecule has 6 heteroatoms. The van der Waals surface area contributed by atoms with Crippen molar-refractivity contribution in [1.29, 1.82) is 0 Å². The molecule has 108 valence electrons. The lowest BCUT2D eigenvalue weighted by Gasteiger charge is -1.88. The van der Waals surface area contributed by atoms with Crippen LogP contribution in [0.15, 0.2) is 70.6 Å². The predicted octanol–water partition coefficient (Wildman–Crippen LogP) is 2.33. The van der Waals surface area contributed by atoms with Gasteiger partial charge in [0.1, 0.15) is 0 Å². The van der Waals surface area contributed by atoms with Gasteiger partial charge in [-0.3, -0.25) is 9.59 Å². The molecule has 2 amide bonds. The van der Waals surface area contributed by atoms with E-state index in [1.807, 2.05) is 0 Å². The molecule has 0 heterocycles. The van der Waals surface area contributed by atoms with Crippen molar-refractivity contribution in [2.24, 2.45) is 9.98 Å². The van der Waals surface area contributed by atoms with Crippen molar-refractivity contribution >= 4 is 24.0 Å². The van der Waals surface area contributed by atoms with Gasteiger partial charge in [0.05, 0.1) is 0 Å². The van der Waals surface area contributed by atoms with Gasteiger partial charge in [-0.15, -0.1) is 9.98 Å². The van der Waals surface area contributed by atoms with E-state index in [1.54, 1.807) is 60.7 Å². The maximum atomic E-state index is 10.8. The molecular formula is C16H10N2O4. The molecular weight excluding hydrogens is 284 g/mol. The summed E-state index contributed by atoms with van der Waals surface area (Å²) < 4.78 is 0. The van der Waals surface area contributed by atoms with Crippen LogP contribution in [-0.2, 0) is 9.59 Å². The summed E-state index contributed by atoms with van der Waals surface area (Å²) in [5.74, 6) is -1.11. The van der Waals surface area contributed by atoms with E-state index >= 15 is 0 Å². The number of nitrogens with zero attached hydrogens (tertiary/aromatic N) is 2. The average molecular weight is 294 g/mol.